The fraction of sp³-hybridized carbons (Fsp3) is 0.810. The number of rotatable bonds is 8. The molecule has 0 spiro atoms. The zero-order valence-corrected chi connectivity index (χ0v) is 15.2. The number of ether oxygens (including phenoxy) is 1. The number of halogens is 2. The molecule has 0 aromatic rings. The third-order valence-electron chi connectivity index (χ3n) is 5.72. The molecule has 0 bridgehead atoms. The van der Waals surface area contributed by atoms with Gasteiger partial charge in [0.25, 0.3) is 6.08 Å². The molecule has 2 unspecified atom stereocenters. The van der Waals surface area contributed by atoms with E-state index in [2.05, 4.69) is 19.1 Å². The number of unbranched alkanes of at least 4 members (excludes halogenated alkanes) is 2. The zero-order chi connectivity index (χ0) is 17.2. The molecule has 2 rings (SSSR count). The maximum Gasteiger partial charge on any atom is 0.266 e. The molecule has 2 atom stereocenters. The summed E-state index contributed by atoms with van der Waals surface area (Å²) in [6, 6.07) is 0. The Kier molecular flexibility index (Phi) is 9.01. The molecular formula is C21H34F2O. The lowest BCUT2D eigenvalue weighted by Gasteiger charge is -2.29. The fourth-order valence-electron chi connectivity index (χ4n) is 4.04. The summed E-state index contributed by atoms with van der Waals surface area (Å²) < 4.78 is 30.3. The second kappa shape index (κ2) is 11.0. The monoisotopic (exact) mass is 340 g/mol. The van der Waals surface area contributed by atoms with E-state index in [0.717, 1.165) is 50.7 Å². The van der Waals surface area contributed by atoms with Gasteiger partial charge in [-0.05, 0) is 75.2 Å². The molecular weight excluding hydrogens is 306 g/mol. The van der Waals surface area contributed by atoms with Crippen molar-refractivity contribution in [3.8, 4) is 0 Å². The minimum absolute atomic E-state index is 0.300. The van der Waals surface area contributed by atoms with E-state index in [0.29, 0.717) is 24.4 Å². The van der Waals surface area contributed by atoms with Crippen molar-refractivity contribution < 1.29 is 13.5 Å². The van der Waals surface area contributed by atoms with Gasteiger partial charge in [-0.2, -0.15) is 8.78 Å². The van der Waals surface area contributed by atoms with E-state index < -0.39 is 6.08 Å². The summed E-state index contributed by atoms with van der Waals surface area (Å²) in [5, 5.41) is 0. The molecule has 2 aliphatic rings. The summed E-state index contributed by atoms with van der Waals surface area (Å²) in [6.07, 6.45) is 17.2. The first-order valence-electron chi connectivity index (χ1n) is 9.98. The summed E-state index contributed by atoms with van der Waals surface area (Å²) in [6.45, 7) is 3.17. The van der Waals surface area contributed by atoms with Crippen LogP contribution in [0.3, 0.4) is 0 Å². The Hall–Kier alpha value is -0.700. The smallest absolute Gasteiger partial charge is 0.266 e. The Morgan fingerprint density at radius 2 is 1.71 bits per heavy atom. The van der Waals surface area contributed by atoms with Crippen molar-refractivity contribution in [3.63, 3.8) is 0 Å². The van der Waals surface area contributed by atoms with Crippen molar-refractivity contribution in [2.75, 3.05) is 6.61 Å². The molecule has 2 fully saturated rings. The van der Waals surface area contributed by atoms with Gasteiger partial charge in [0.1, 0.15) is 0 Å². The van der Waals surface area contributed by atoms with Gasteiger partial charge in [-0.15, -0.1) is 0 Å². The first-order chi connectivity index (χ1) is 11.7. The second-order valence-corrected chi connectivity index (χ2v) is 7.71. The molecule has 0 amide bonds. The van der Waals surface area contributed by atoms with Gasteiger partial charge in [-0.1, -0.05) is 38.3 Å². The van der Waals surface area contributed by atoms with Gasteiger partial charge in [-0.3, -0.25) is 0 Å². The predicted molar refractivity (Wildman–Crippen MR) is 96.1 cm³/mol. The fourth-order valence-corrected chi connectivity index (χ4v) is 4.04. The lowest BCUT2D eigenvalue weighted by Crippen LogP contribution is -2.24. The highest BCUT2D eigenvalue weighted by Gasteiger charge is 2.22. The van der Waals surface area contributed by atoms with E-state index >= 15 is 0 Å². The van der Waals surface area contributed by atoms with Crippen molar-refractivity contribution in [3.05, 3.63) is 24.3 Å². The quantitative estimate of drug-likeness (QED) is 0.345. The van der Waals surface area contributed by atoms with E-state index in [1.807, 2.05) is 0 Å². The van der Waals surface area contributed by atoms with Crippen LogP contribution in [0.15, 0.2) is 24.3 Å². The molecule has 1 saturated carbocycles. The summed E-state index contributed by atoms with van der Waals surface area (Å²) in [5.41, 5.74) is 0. The zero-order valence-electron chi connectivity index (χ0n) is 15.2. The lowest BCUT2D eigenvalue weighted by atomic mass is 9.80. The summed E-state index contributed by atoms with van der Waals surface area (Å²) in [4.78, 5) is 0. The Morgan fingerprint density at radius 3 is 2.33 bits per heavy atom. The Balaban J connectivity index is 1.60. The van der Waals surface area contributed by atoms with Crippen LogP contribution in [-0.2, 0) is 4.74 Å². The normalized spacial score (nSPS) is 31.3. The Morgan fingerprint density at radius 1 is 0.958 bits per heavy atom. The molecule has 0 aromatic heterocycles. The van der Waals surface area contributed by atoms with Crippen molar-refractivity contribution in [2.24, 2.45) is 17.8 Å². The van der Waals surface area contributed by atoms with Crippen LogP contribution in [0, 0.1) is 17.8 Å². The van der Waals surface area contributed by atoms with E-state index in [9.17, 15) is 8.78 Å². The summed E-state index contributed by atoms with van der Waals surface area (Å²) in [5.74, 6) is 1.83. The van der Waals surface area contributed by atoms with Crippen LogP contribution in [0.5, 0.6) is 0 Å². The first-order valence-corrected chi connectivity index (χ1v) is 9.98. The third kappa shape index (κ3) is 7.46. The van der Waals surface area contributed by atoms with Crippen LogP contribution in [-0.4, -0.2) is 12.7 Å². The third-order valence-corrected chi connectivity index (χ3v) is 5.72. The van der Waals surface area contributed by atoms with E-state index in [1.165, 1.54) is 32.1 Å². The average molecular weight is 340 g/mol. The highest BCUT2D eigenvalue weighted by atomic mass is 19.3. The van der Waals surface area contributed by atoms with Crippen molar-refractivity contribution in [1.29, 1.82) is 0 Å². The van der Waals surface area contributed by atoms with Crippen molar-refractivity contribution in [1.82, 2.24) is 0 Å². The molecule has 1 saturated heterocycles. The predicted octanol–water partition coefficient (Wildman–Crippen LogP) is 6.90. The SMILES string of the molecule is CCCCCC1CCC(/C=C/C2CCC(CC=C(F)F)CC2)OC1. The summed E-state index contributed by atoms with van der Waals surface area (Å²) in [7, 11) is 0. The number of hydrogen-bond donors (Lipinski definition) is 0. The minimum Gasteiger partial charge on any atom is -0.374 e. The van der Waals surface area contributed by atoms with Gasteiger partial charge in [-0.25, -0.2) is 0 Å². The van der Waals surface area contributed by atoms with Crippen molar-refractivity contribution in [2.45, 2.75) is 83.7 Å². The van der Waals surface area contributed by atoms with Gasteiger partial charge in [0.05, 0.1) is 12.7 Å². The standard InChI is InChI=1S/C21H34F2O/c1-2-3-4-5-19-11-14-20(24-16-19)13-10-17-6-8-18(9-7-17)12-15-21(22)23/h10,13,15,17-20H,2-9,11-12,14,16H2,1H3/b13-10+. The molecule has 24 heavy (non-hydrogen) atoms. The van der Waals surface area contributed by atoms with Gasteiger partial charge >= 0.3 is 0 Å². The van der Waals surface area contributed by atoms with E-state index in [-0.39, 0.29) is 0 Å². The molecule has 0 radical (unpaired) electrons. The highest BCUT2D eigenvalue weighted by molar-refractivity contribution is 4.97. The first kappa shape index (κ1) is 19.6. The van der Waals surface area contributed by atoms with E-state index in [1.54, 1.807) is 0 Å². The molecule has 1 heterocycles. The van der Waals surface area contributed by atoms with Gasteiger partial charge < -0.3 is 4.74 Å². The van der Waals surface area contributed by atoms with Crippen LogP contribution >= 0.6 is 0 Å². The molecule has 0 aromatic carbocycles. The molecule has 138 valence electrons. The van der Waals surface area contributed by atoms with Gasteiger partial charge in [0.15, 0.2) is 0 Å². The van der Waals surface area contributed by atoms with Gasteiger partial charge in [0, 0.05) is 0 Å². The molecule has 1 aliphatic heterocycles. The molecule has 1 aliphatic carbocycles. The van der Waals surface area contributed by atoms with Crippen LogP contribution in [0.25, 0.3) is 0 Å². The van der Waals surface area contributed by atoms with E-state index in [4.69, 9.17) is 4.74 Å². The van der Waals surface area contributed by atoms with Crippen LogP contribution in [0.4, 0.5) is 8.78 Å². The van der Waals surface area contributed by atoms with Gasteiger partial charge in [0.2, 0.25) is 0 Å². The van der Waals surface area contributed by atoms with Crippen LogP contribution in [0.2, 0.25) is 0 Å². The number of allylic oxidation sites excluding steroid dienone is 2. The second-order valence-electron chi connectivity index (χ2n) is 7.71. The van der Waals surface area contributed by atoms with Crippen LogP contribution in [0.1, 0.15) is 77.6 Å². The molecule has 3 heteroatoms. The maximum atomic E-state index is 12.1. The summed E-state index contributed by atoms with van der Waals surface area (Å²) >= 11 is 0. The lowest BCUT2D eigenvalue weighted by molar-refractivity contribution is 0.00754. The van der Waals surface area contributed by atoms with Crippen LogP contribution < -0.4 is 0 Å². The highest BCUT2D eigenvalue weighted by Crippen LogP contribution is 2.33. The number of hydrogen-bond acceptors (Lipinski definition) is 1. The maximum absolute atomic E-state index is 12.1. The molecule has 0 N–H and O–H groups in total. The average Bonchev–Trinajstić information content (AvgIpc) is 2.60. The largest absolute Gasteiger partial charge is 0.374 e. The minimum atomic E-state index is -1.53. The molecule has 1 nitrogen and oxygen atoms in total. The Labute approximate surface area is 146 Å². The van der Waals surface area contributed by atoms with Crippen molar-refractivity contribution >= 4 is 0 Å². The Bertz CT molecular complexity index is 385. The topological polar surface area (TPSA) is 9.23 Å².